The molecule has 3 nitrogen and oxygen atoms in total. The molecule has 0 aliphatic heterocycles. The summed E-state index contributed by atoms with van der Waals surface area (Å²) in [6.45, 7) is 6.75. The molecule has 3 N–H and O–H groups in total. The molecule has 96 valence electrons. The minimum Gasteiger partial charge on any atom is -0.350 e. The van der Waals surface area contributed by atoms with E-state index in [0.29, 0.717) is 13.0 Å². The predicted octanol–water partition coefficient (Wildman–Crippen LogP) is 2.59. The Bertz CT molecular complexity index is 188. The first-order valence-electron chi connectivity index (χ1n) is 6.59. The first kappa shape index (κ1) is 15.4. The summed E-state index contributed by atoms with van der Waals surface area (Å²) in [4.78, 5) is 11.6. The van der Waals surface area contributed by atoms with Gasteiger partial charge in [-0.1, -0.05) is 39.5 Å². The average Bonchev–Trinajstić information content (AvgIpc) is 2.28. The summed E-state index contributed by atoms with van der Waals surface area (Å²) in [5.74, 6) is 0.145. The van der Waals surface area contributed by atoms with E-state index in [-0.39, 0.29) is 11.4 Å². The molecule has 0 aliphatic rings. The van der Waals surface area contributed by atoms with Crippen molar-refractivity contribution in [2.24, 2.45) is 5.73 Å². The lowest BCUT2D eigenvalue weighted by Gasteiger charge is -2.27. The third-order valence-corrected chi connectivity index (χ3v) is 3.18. The van der Waals surface area contributed by atoms with E-state index in [1.807, 2.05) is 13.8 Å². The summed E-state index contributed by atoms with van der Waals surface area (Å²) in [5, 5.41) is 3.02. The molecule has 0 spiro atoms. The van der Waals surface area contributed by atoms with Crippen molar-refractivity contribution >= 4 is 5.91 Å². The van der Waals surface area contributed by atoms with Gasteiger partial charge in [0.05, 0.1) is 0 Å². The summed E-state index contributed by atoms with van der Waals surface area (Å²) in [6, 6.07) is 0. The van der Waals surface area contributed by atoms with Crippen LogP contribution in [0.2, 0.25) is 0 Å². The van der Waals surface area contributed by atoms with Crippen molar-refractivity contribution in [1.82, 2.24) is 5.32 Å². The van der Waals surface area contributed by atoms with E-state index in [9.17, 15) is 4.79 Å². The summed E-state index contributed by atoms with van der Waals surface area (Å²) in [7, 11) is 0. The highest BCUT2D eigenvalue weighted by atomic mass is 16.1. The summed E-state index contributed by atoms with van der Waals surface area (Å²) < 4.78 is 0. The van der Waals surface area contributed by atoms with Gasteiger partial charge in [0.2, 0.25) is 5.91 Å². The topological polar surface area (TPSA) is 55.1 Å². The summed E-state index contributed by atoms with van der Waals surface area (Å²) in [6.07, 6.45) is 7.43. The molecule has 0 rings (SSSR count). The smallest absolute Gasteiger partial charge is 0.220 e. The zero-order valence-electron chi connectivity index (χ0n) is 11.1. The fraction of sp³-hybridized carbons (Fsp3) is 0.923. The lowest BCUT2D eigenvalue weighted by Crippen LogP contribution is -2.50. The van der Waals surface area contributed by atoms with Crippen molar-refractivity contribution in [3.05, 3.63) is 0 Å². The molecule has 0 aromatic heterocycles. The maximum Gasteiger partial charge on any atom is 0.220 e. The Balaban J connectivity index is 3.65. The molecule has 0 radical (unpaired) electrons. The van der Waals surface area contributed by atoms with Crippen molar-refractivity contribution in [2.45, 2.75) is 71.3 Å². The fourth-order valence-corrected chi connectivity index (χ4v) is 1.57. The Hall–Kier alpha value is -0.570. The van der Waals surface area contributed by atoms with Gasteiger partial charge in [0.25, 0.3) is 0 Å². The zero-order valence-corrected chi connectivity index (χ0v) is 11.1. The van der Waals surface area contributed by atoms with Gasteiger partial charge < -0.3 is 11.1 Å². The molecule has 0 heterocycles. The van der Waals surface area contributed by atoms with E-state index in [2.05, 4.69) is 12.2 Å². The van der Waals surface area contributed by atoms with Crippen LogP contribution in [0.15, 0.2) is 0 Å². The van der Waals surface area contributed by atoms with E-state index in [1.54, 1.807) is 0 Å². The molecule has 0 aromatic carbocycles. The molecule has 16 heavy (non-hydrogen) atoms. The molecule has 0 aromatic rings. The Morgan fingerprint density at radius 3 is 2.31 bits per heavy atom. The molecule has 1 atom stereocenters. The summed E-state index contributed by atoms with van der Waals surface area (Å²) >= 11 is 0. The van der Waals surface area contributed by atoms with Crippen LogP contribution in [0, 0.1) is 0 Å². The van der Waals surface area contributed by atoms with E-state index in [4.69, 9.17) is 5.73 Å². The van der Waals surface area contributed by atoms with Crippen molar-refractivity contribution in [1.29, 1.82) is 0 Å². The van der Waals surface area contributed by atoms with Crippen LogP contribution < -0.4 is 11.1 Å². The Morgan fingerprint density at radius 1 is 1.19 bits per heavy atom. The maximum absolute atomic E-state index is 11.6. The fourth-order valence-electron chi connectivity index (χ4n) is 1.57. The van der Waals surface area contributed by atoms with Gasteiger partial charge >= 0.3 is 0 Å². The second-order valence-electron chi connectivity index (χ2n) is 4.83. The average molecular weight is 228 g/mol. The highest BCUT2D eigenvalue weighted by molar-refractivity contribution is 5.76. The van der Waals surface area contributed by atoms with Gasteiger partial charge in [-0.3, -0.25) is 4.79 Å². The number of unbranched alkanes of at least 4 members (excludes halogenated alkanes) is 4. The predicted molar refractivity (Wildman–Crippen MR) is 69.3 cm³/mol. The van der Waals surface area contributed by atoms with Crippen molar-refractivity contribution in [3.63, 3.8) is 0 Å². The molecule has 0 aliphatic carbocycles. The quantitative estimate of drug-likeness (QED) is 0.596. The number of nitrogens with one attached hydrogen (secondary N) is 1. The Morgan fingerprint density at radius 2 is 1.81 bits per heavy atom. The first-order valence-corrected chi connectivity index (χ1v) is 6.59. The van der Waals surface area contributed by atoms with Gasteiger partial charge in [0.1, 0.15) is 0 Å². The van der Waals surface area contributed by atoms with Crippen LogP contribution in [-0.4, -0.2) is 18.0 Å². The van der Waals surface area contributed by atoms with E-state index >= 15 is 0 Å². The molecule has 0 saturated carbocycles. The zero-order chi connectivity index (χ0) is 12.4. The molecular weight excluding hydrogens is 200 g/mol. The van der Waals surface area contributed by atoms with Crippen LogP contribution in [-0.2, 0) is 4.79 Å². The molecular formula is C13H28N2O. The minimum atomic E-state index is -0.222. The molecule has 3 heteroatoms. The Kier molecular flexibility index (Phi) is 8.26. The number of rotatable bonds is 9. The van der Waals surface area contributed by atoms with Crippen molar-refractivity contribution in [3.8, 4) is 0 Å². The number of carbonyl (C=O) groups is 1. The molecule has 1 unspecified atom stereocenters. The van der Waals surface area contributed by atoms with Crippen LogP contribution in [0.25, 0.3) is 0 Å². The number of carbonyl (C=O) groups excluding carboxylic acids is 1. The van der Waals surface area contributed by atoms with Gasteiger partial charge in [0.15, 0.2) is 0 Å². The van der Waals surface area contributed by atoms with Crippen LogP contribution >= 0.6 is 0 Å². The second kappa shape index (κ2) is 8.57. The van der Waals surface area contributed by atoms with Gasteiger partial charge in [-0.25, -0.2) is 0 Å². The van der Waals surface area contributed by atoms with Crippen LogP contribution in [0.1, 0.15) is 65.7 Å². The number of hydrogen-bond donors (Lipinski definition) is 2. The van der Waals surface area contributed by atoms with Gasteiger partial charge in [-0.2, -0.15) is 0 Å². The number of hydrogen-bond acceptors (Lipinski definition) is 2. The SMILES string of the molecule is CCCCCCCC(=O)NC(C)(CC)CN. The monoisotopic (exact) mass is 228 g/mol. The lowest BCUT2D eigenvalue weighted by molar-refractivity contribution is -0.122. The first-order chi connectivity index (χ1) is 7.58. The van der Waals surface area contributed by atoms with Crippen LogP contribution in [0.5, 0.6) is 0 Å². The number of nitrogens with two attached hydrogens (primary N) is 1. The van der Waals surface area contributed by atoms with Gasteiger partial charge in [0, 0.05) is 18.5 Å². The maximum atomic E-state index is 11.6. The van der Waals surface area contributed by atoms with Crippen LogP contribution in [0.3, 0.4) is 0 Å². The largest absolute Gasteiger partial charge is 0.350 e. The van der Waals surface area contributed by atoms with Crippen LogP contribution in [0.4, 0.5) is 0 Å². The highest BCUT2D eigenvalue weighted by Crippen LogP contribution is 2.09. The molecule has 0 saturated heterocycles. The standard InChI is InChI=1S/C13H28N2O/c1-4-6-7-8-9-10-12(16)15-13(3,5-2)11-14/h4-11,14H2,1-3H3,(H,15,16). The Labute approximate surface area is 100 Å². The third kappa shape index (κ3) is 6.83. The van der Waals surface area contributed by atoms with Crippen molar-refractivity contribution in [2.75, 3.05) is 6.54 Å². The molecule has 1 amide bonds. The van der Waals surface area contributed by atoms with E-state index < -0.39 is 0 Å². The molecule has 0 bridgehead atoms. The van der Waals surface area contributed by atoms with E-state index in [1.165, 1.54) is 19.3 Å². The second-order valence-corrected chi connectivity index (χ2v) is 4.83. The van der Waals surface area contributed by atoms with Crippen molar-refractivity contribution < 1.29 is 4.79 Å². The van der Waals surface area contributed by atoms with Gasteiger partial charge in [-0.15, -0.1) is 0 Å². The summed E-state index contributed by atoms with van der Waals surface area (Å²) in [5.41, 5.74) is 5.42. The minimum absolute atomic E-state index is 0.145. The highest BCUT2D eigenvalue weighted by Gasteiger charge is 2.21. The number of amides is 1. The molecule has 0 fully saturated rings. The lowest BCUT2D eigenvalue weighted by atomic mass is 9.99. The van der Waals surface area contributed by atoms with Gasteiger partial charge in [-0.05, 0) is 19.8 Å². The third-order valence-electron chi connectivity index (χ3n) is 3.18. The van der Waals surface area contributed by atoms with E-state index in [0.717, 1.165) is 19.3 Å². The normalized spacial score (nSPS) is 14.5.